The molecule has 3 aromatic heterocycles. The number of piperidine rings is 1. The standard InChI is InChI=1S/C24H29N7O5/c1-24(2,3)36-23(35)30-10-7-15(8-11-30)18-13-19(32)27-21-17(14-26-31(18)21)22(34)29-28-20(33)12-16-6-4-5-9-25-16/h4-6,9,13-15H,7-8,10-12H2,1-3H3,(H,27,32)(H,28,33)(H,29,34). The lowest BCUT2D eigenvalue weighted by molar-refractivity contribution is -0.121. The number of nitrogens with one attached hydrogen (secondary N) is 3. The van der Waals surface area contributed by atoms with Crippen LogP contribution in [0.3, 0.4) is 0 Å². The Morgan fingerprint density at radius 3 is 2.58 bits per heavy atom. The van der Waals surface area contributed by atoms with Gasteiger partial charge in [0, 0.05) is 37.0 Å². The third-order valence-corrected chi connectivity index (χ3v) is 5.73. The van der Waals surface area contributed by atoms with Crippen LogP contribution in [0, 0.1) is 0 Å². The Morgan fingerprint density at radius 2 is 1.92 bits per heavy atom. The zero-order valence-corrected chi connectivity index (χ0v) is 20.4. The summed E-state index contributed by atoms with van der Waals surface area (Å²) < 4.78 is 6.97. The van der Waals surface area contributed by atoms with Crippen molar-refractivity contribution in [3.63, 3.8) is 0 Å². The fourth-order valence-corrected chi connectivity index (χ4v) is 4.06. The number of hydrazine groups is 1. The van der Waals surface area contributed by atoms with Crippen molar-refractivity contribution in [2.45, 2.75) is 51.6 Å². The molecule has 4 heterocycles. The van der Waals surface area contributed by atoms with Gasteiger partial charge in [0.15, 0.2) is 0 Å². The summed E-state index contributed by atoms with van der Waals surface area (Å²) >= 11 is 0. The minimum Gasteiger partial charge on any atom is -0.444 e. The highest BCUT2D eigenvalue weighted by molar-refractivity contribution is 6.00. The molecule has 3 N–H and O–H groups in total. The average Bonchev–Trinajstić information content (AvgIpc) is 3.25. The summed E-state index contributed by atoms with van der Waals surface area (Å²) in [6, 6.07) is 6.68. The number of carbonyl (C=O) groups is 3. The van der Waals surface area contributed by atoms with Crippen LogP contribution in [0.2, 0.25) is 0 Å². The van der Waals surface area contributed by atoms with E-state index >= 15 is 0 Å². The van der Waals surface area contributed by atoms with Gasteiger partial charge < -0.3 is 14.6 Å². The summed E-state index contributed by atoms with van der Waals surface area (Å²) in [5, 5.41) is 4.31. The van der Waals surface area contributed by atoms with Crippen molar-refractivity contribution in [2.24, 2.45) is 0 Å². The molecule has 3 amide bonds. The third-order valence-electron chi connectivity index (χ3n) is 5.73. The molecule has 0 aromatic carbocycles. The van der Waals surface area contributed by atoms with E-state index in [2.05, 4.69) is 25.9 Å². The van der Waals surface area contributed by atoms with E-state index in [-0.39, 0.29) is 35.2 Å². The Kier molecular flexibility index (Phi) is 7.04. The number of pyridine rings is 1. The number of hydrogen-bond acceptors (Lipinski definition) is 7. The minimum absolute atomic E-state index is 0.00114. The van der Waals surface area contributed by atoms with Crippen molar-refractivity contribution < 1.29 is 19.1 Å². The van der Waals surface area contributed by atoms with Gasteiger partial charge in [0.1, 0.15) is 16.8 Å². The van der Waals surface area contributed by atoms with Crippen molar-refractivity contribution in [3.05, 3.63) is 64.0 Å². The van der Waals surface area contributed by atoms with Crippen molar-refractivity contribution in [1.29, 1.82) is 0 Å². The number of rotatable bonds is 4. The first-order chi connectivity index (χ1) is 17.1. The fourth-order valence-electron chi connectivity index (χ4n) is 4.06. The first-order valence-corrected chi connectivity index (χ1v) is 11.7. The Morgan fingerprint density at radius 1 is 1.17 bits per heavy atom. The van der Waals surface area contributed by atoms with Crippen molar-refractivity contribution >= 4 is 23.6 Å². The van der Waals surface area contributed by atoms with E-state index in [9.17, 15) is 19.2 Å². The molecule has 1 saturated heterocycles. The molecule has 0 bridgehead atoms. The van der Waals surface area contributed by atoms with Gasteiger partial charge >= 0.3 is 6.09 Å². The largest absolute Gasteiger partial charge is 0.444 e. The topological polar surface area (TPSA) is 151 Å². The van der Waals surface area contributed by atoms with Crippen molar-refractivity contribution in [2.75, 3.05) is 13.1 Å². The normalized spacial score (nSPS) is 14.5. The van der Waals surface area contributed by atoms with Gasteiger partial charge in [-0.15, -0.1) is 0 Å². The lowest BCUT2D eigenvalue weighted by Crippen LogP contribution is -2.42. The monoisotopic (exact) mass is 495 g/mol. The molecule has 0 aliphatic carbocycles. The summed E-state index contributed by atoms with van der Waals surface area (Å²) in [6.45, 7) is 6.42. The predicted molar refractivity (Wildman–Crippen MR) is 129 cm³/mol. The lowest BCUT2D eigenvalue weighted by atomic mass is 9.93. The number of aromatic nitrogens is 4. The highest BCUT2D eigenvalue weighted by Crippen LogP contribution is 2.28. The van der Waals surface area contributed by atoms with Crippen LogP contribution < -0.4 is 16.4 Å². The molecule has 0 unspecified atom stereocenters. The molecule has 1 aliphatic rings. The molecule has 0 saturated carbocycles. The van der Waals surface area contributed by atoms with E-state index in [4.69, 9.17) is 4.74 Å². The Hall–Kier alpha value is -4.22. The molecule has 1 fully saturated rings. The SMILES string of the molecule is CC(C)(C)OC(=O)N1CCC(c2cc(=O)[nH]c3c(C(=O)NNC(=O)Cc4ccccn4)cnn23)CC1. The summed E-state index contributed by atoms with van der Waals surface area (Å²) in [4.78, 5) is 58.0. The van der Waals surface area contributed by atoms with E-state index in [0.29, 0.717) is 37.3 Å². The maximum atomic E-state index is 12.7. The third kappa shape index (κ3) is 5.88. The molecule has 12 heteroatoms. The maximum Gasteiger partial charge on any atom is 0.410 e. The highest BCUT2D eigenvalue weighted by Gasteiger charge is 2.29. The van der Waals surface area contributed by atoms with Gasteiger partial charge in [-0.3, -0.25) is 30.2 Å². The highest BCUT2D eigenvalue weighted by atomic mass is 16.6. The second-order valence-corrected chi connectivity index (χ2v) is 9.62. The maximum absolute atomic E-state index is 12.7. The molecule has 1 aliphatic heterocycles. The van der Waals surface area contributed by atoms with Gasteiger partial charge in [0.05, 0.1) is 18.3 Å². The summed E-state index contributed by atoms with van der Waals surface area (Å²) in [5.74, 6) is -1.10. The molecule has 36 heavy (non-hydrogen) atoms. The quantitative estimate of drug-likeness (QED) is 0.465. The Bertz CT molecular complexity index is 1320. The van der Waals surface area contributed by atoms with Crippen LogP contribution in [0.25, 0.3) is 5.65 Å². The molecular formula is C24H29N7O5. The van der Waals surface area contributed by atoms with Gasteiger partial charge in [0.25, 0.3) is 11.5 Å². The number of hydrogen-bond donors (Lipinski definition) is 3. The van der Waals surface area contributed by atoms with Gasteiger partial charge in [-0.1, -0.05) is 6.07 Å². The van der Waals surface area contributed by atoms with Crippen LogP contribution in [-0.4, -0.2) is 61.1 Å². The summed E-state index contributed by atoms with van der Waals surface area (Å²) in [7, 11) is 0. The van der Waals surface area contributed by atoms with E-state index in [1.165, 1.54) is 16.8 Å². The smallest absolute Gasteiger partial charge is 0.410 e. The van der Waals surface area contributed by atoms with Crippen LogP contribution in [0.1, 0.15) is 61.3 Å². The summed E-state index contributed by atoms with van der Waals surface area (Å²) in [5.41, 5.74) is 5.30. The fraction of sp³-hybridized carbons (Fsp3) is 0.417. The van der Waals surface area contributed by atoms with Gasteiger partial charge in [0.2, 0.25) is 5.91 Å². The second-order valence-electron chi connectivity index (χ2n) is 9.62. The minimum atomic E-state index is -0.619. The number of nitrogens with zero attached hydrogens (tertiary/aromatic N) is 4. The molecular weight excluding hydrogens is 466 g/mol. The van der Waals surface area contributed by atoms with Crippen LogP contribution in [0.5, 0.6) is 0 Å². The van der Waals surface area contributed by atoms with E-state index in [1.807, 2.05) is 20.8 Å². The molecule has 0 radical (unpaired) electrons. The van der Waals surface area contributed by atoms with Gasteiger partial charge in [-0.05, 0) is 45.7 Å². The zero-order chi connectivity index (χ0) is 25.9. The van der Waals surface area contributed by atoms with E-state index in [0.717, 1.165) is 0 Å². The summed E-state index contributed by atoms with van der Waals surface area (Å²) in [6.07, 6.45) is 3.78. The number of likely N-dealkylation sites (tertiary alicyclic amines) is 1. The van der Waals surface area contributed by atoms with Crippen LogP contribution in [0.15, 0.2) is 41.5 Å². The second kappa shape index (κ2) is 10.2. The number of aromatic amines is 1. The Labute approximate surface area is 207 Å². The first-order valence-electron chi connectivity index (χ1n) is 11.7. The predicted octanol–water partition coefficient (Wildman–Crippen LogP) is 1.54. The number of carbonyl (C=O) groups excluding carboxylic acids is 3. The molecule has 3 aromatic rings. The van der Waals surface area contributed by atoms with Crippen LogP contribution in [-0.2, 0) is 16.0 Å². The molecule has 12 nitrogen and oxygen atoms in total. The average molecular weight is 496 g/mol. The number of H-pyrrole nitrogens is 1. The van der Waals surface area contributed by atoms with Crippen molar-refractivity contribution in [1.82, 2.24) is 35.3 Å². The van der Waals surface area contributed by atoms with Crippen LogP contribution in [0.4, 0.5) is 4.79 Å². The Balaban J connectivity index is 1.43. The van der Waals surface area contributed by atoms with Gasteiger partial charge in [-0.2, -0.15) is 5.10 Å². The molecule has 4 rings (SSSR count). The lowest BCUT2D eigenvalue weighted by Gasteiger charge is -2.33. The van der Waals surface area contributed by atoms with E-state index in [1.54, 1.807) is 29.3 Å². The molecule has 0 atom stereocenters. The first kappa shape index (κ1) is 24.9. The molecule has 190 valence electrons. The van der Waals surface area contributed by atoms with Gasteiger partial charge in [-0.25, -0.2) is 9.31 Å². The van der Waals surface area contributed by atoms with Crippen molar-refractivity contribution in [3.8, 4) is 0 Å². The molecule has 0 spiro atoms. The van der Waals surface area contributed by atoms with Crippen LogP contribution >= 0.6 is 0 Å². The number of amides is 3. The van der Waals surface area contributed by atoms with E-state index < -0.39 is 17.4 Å². The number of ether oxygens (including phenoxy) is 1. The zero-order valence-electron chi connectivity index (χ0n) is 20.4. The number of fused-ring (bicyclic) bond motifs is 1.